The van der Waals surface area contributed by atoms with Crippen molar-refractivity contribution in [3.8, 4) is 11.5 Å². The maximum Gasteiger partial charge on any atom is 0.309 e. The average molecular weight is 422 g/mol. The molecule has 0 heterocycles. The van der Waals surface area contributed by atoms with Crippen LogP contribution in [0, 0.1) is 11.6 Å². The fourth-order valence-corrected chi connectivity index (χ4v) is 2.15. The van der Waals surface area contributed by atoms with Crippen LogP contribution in [0.15, 0.2) is 42.5 Å². The van der Waals surface area contributed by atoms with Crippen LogP contribution in [0.1, 0.15) is 6.42 Å². The van der Waals surface area contributed by atoms with E-state index < -0.39 is 42.6 Å². The summed E-state index contributed by atoms with van der Waals surface area (Å²) in [7, 11) is 1.54. The van der Waals surface area contributed by atoms with Crippen molar-refractivity contribution >= 4 is 23.5 Å². The predicted octanol–water partition coefficient (Wildman–Crippen LogP) is 2.04. The van der Waals surface area contributed by atoms with E-state index in [-0.39, 0.29) is 18.7 Å². The number of hydrogen-bond donors (Lipinski definition) is 2. The Kier molecular flexibility index (Phi) is 8.55. The highest BCUT2D eigenvalue weighted by Crippen LogP contribution is 2.17. The molecule has 160 valence electrons. The Morgan fingerprint density at radius 1 is 0.933 bits per heavy atom. The molecule has 0 spiro atoms. The molecular weight excluding hydrogens is 402 g/mol. The average Bonchev–Trinajstić information content (AvgIpc) is 2.74. The van der Waals surface area contributed by atoms with Crippen molar-refractivity contribution in [2.75, 3.05) is 32.2 Å². The van der Waals surface area contributed by atoms with Gasteiger partial charge in [0.05, 0.1) is 26.7 Å². The Morgan fingerprint density at radius 2 is 1.63 bits per heavy atom. The largest absolute Gasteiger partial charge is 0.497 e. The normalized spacial score (nSPS) is 10.1. The van der Waals surface area contributed by atoms with E-state index in [1.54, 1.807) is 31.4 Å². The summed E-state index contributed by atoms with van der Waals surface area (Å²) in [6.07, 6.45) is -0.0735. The molecule has 30 heavy (non-hydrogen) atoms. The first-order valence-electron chi connectivity index (χ1n) is 8.81. The Balaban J connectivity index is 1.60. The van der Waals surface area contributed by atoms with E-state index in [0.29, 0.717) is 11.5 Å². The number of ether oxygens (including phenoxy) is 3. The van der Waals surface area contributed by atoms with E-state index >= 15 is 0 Å². The number of amides is 2. The number of rotatable bonds is 10. The van der Waals surface area contributed by atoms with Gasteiger partial charge in [0.1, 0.15) is 11.5 Å². The molecule has 0 saturated heterocycles. The summed E-state index contributed by atoms with van der Waals surface area (Å²) in [6, 6.07) is 9.63. The van der Waals surface area contributed by atoms with Crippen LogP contribution in [0.4, 0.5) is 14.5 Å². The highest BCUT2D eigenvalue weighted by atomic mass is 19.2. The Bertz CT molecular complexity index is 889. The molecule has 2 N–H and O–H groups in total. The van der Waals surface area contributed by atoms with Gasteiger partial charge in [0.2, 0.25) is 5.91 Å². The first-order chi connectivity index (χ1) is 14.4. The van der Waals surface area contributed by atoms with E-state index in [9.17, 15) is 23.2 Å². The summed E-state index contributed by atoms with van der Waals surface area (Å²) in [5, 5.41) is 4.53. The number of anilines is 1. The van der Waals surface area contributed by atoms with Crippen molar-refractivity contribution in [1.29, 1.82) is 0 Å². The number of carbonyl (C=O) groups is 3. The molecule has 0 bridgehead atoms. The lowest BCUT2D eigenvalue weighted by Crippen LogP contribution is -2.35. The molecule has 0 aliphatic heterocycles. The smallest absolute Gasteiger partial charge is 0.309 e. The second kappa shape index (κ2) is 11.3. The zero-order valence-electron chi connectivity index (χ0n) is 16.1. The summed E-state index contributed by atoms with van der Waals surface area (Å²) in [5.74, 6) is -2.93. The Labute approximate surface area is 171 Å². The molecule has 0 atom stereocenters. The van der Waals surface area contributed by atoms with Gasteiger partial charge in [-0.25, -0.2) is 8.78 Å². The van der Waals surface area contributed by atoms with Crippen LogP contribution in [0.2, 0.25) is 0 Å². The molecule has 2 aromatic carbocycles. The van der Waals surface area contributed by atoms with Gasteiger partial charge in [0, 0.05) is 11.8 Å². The van der Waals surface area contributed by atoms with Gasteiger partial charge in [-0.05, 0) is 36.4 Å². The molecule has 0 aliphatic rings. The third kappa shape index (κ3) is 7.74. The number of halogens is 2. The summed E-state index contributed by atoms with van der Waals surface area (Å²) >= 11 is 0. The van der Waals surface area contributed by atoms with Gasteiger partial charge in [-0.15, -0.1) is 0 Å². The molecule has 0 saturated carbocycles. The Hall–Kier alpha value is -3.69. The number of methoxy groups -OCH3 is 1. The van der Waals surface area contributed by atoms with Gasteiger partial charge in [0.25, 0.3) is 5.91 Å². The molecule has 10 heteroatoms. The molecular formula is C20H20F2N2O6. The van der Waals surface area contributed by atoms with Crippen molar-refractivity contribution in [2.45, 2.75) is 6.42 Å². The molecule has 2 amide bonds. The van der Waals surface area contributed by atoms with Crippen LogP contribution in [0.5, 0.6) is 11.5 Å². The first-order valence-corrected chi connectivity index (χ1v) is 8.81. The van der Waals surface area contributed by atoms with E-state index in [4.69, 9.17) is 14.2 Å². The number of hydrogen-bond acceptors (Lipinski definition) is 6. The molecule has 0 unspecified atom stereocenters. The van der Waals surface area contributed by atoms with Crippen molar-refractivity contribution in [1.82, 2.24) is 5.32 Å². The summed E-state index contributed by atoms with van der Waals surface area (Å²) in [4.78, 5) is 35.0. The second-order valence-corrected chi connectivity index (χ2v) is 5.89. The van der Waals surface area contributed by atoms with Crippen LogP contribution in [0.25, 0.3) is 0 Å². The lowest BCUT2D eigenvalue weighted by Gasteiger charge is -2.09. The molecule has 0 aliphatic carbocycles. The molecule has 2 rings (SSSR count). The SMILES string of the molecule is COc1ccc(OCCC(=O)OCC(=O)NCC(=O)Nc2ccc(F)c(F)c2)cc1. The van der Waals surface area contributed by atoms with Crippen LogP contribution in [0.3, 0.4) is 0 Å². The van der Waals surface area contributed by atoms with Gasteiger partial charge in [-0.3, -0.25) is 14.4 Å². The minimum atomic E-state index is -1.11. The van der Waals surface area contributed by atoms with Crippen LogP contribution < -0.4 is 20.1 Å². The Morgan fingerprint density at radius 3 is 2.30 bits per heavy atom. The highest BCUT2D eigenvalue weighted by molar-refractivity contribution is 5.94. The van der Waals surface area contributed by atoms with Crippen LogP contribution in [-0.2, 0) is 19.1 Å². The number of carbonyl (C=O) groups excluding carboxylic acids is 3. The molecule has 0 aromatic heterocycles. The second-order valence-electron chi connectivity index (χ2n) is 5.89. The number of benzene rings is 2. The van der Waals surface area contributed by atoms with Gasteiger partial charge >= 0.3 is 5.97 Å². The summed E-state index contributed by atoms with van der Waals surface area (Å²) in [6.45, 7) is -0.945. The fourth-order valence-electron chi connectivity index (χ4n) is 2.15. The van der Waals surface area contributed by atoms with Crippen LogP contribution >= 0.6 is 0 Å². The van der Waals surface area contributed by atoms with Gasteiger partial charge in [0.15, 0.2) is 18.2 Å². The molecule has 0 radical (unpaired) electrons. The predicted molar refractivity (Wildman–Crippen MR) is 102 cm³/mol. The van der Waals surface area contributed by atoms with Gasteiger partial charge < -0.3 is 24.8 Å². The summed E-state index contributed by atoms with van der Waals surface area (Å²) in [5.41, 5.74) is 0.0384. The number of nitrogens with one attached hydrogen (secondary N) is 2. The van der Waals surface area contributed by atoms with Crippen molar-refractivity contribution in [3.05, 3.63) is 54.1 Å². The quantitative estimate of drug-likeness (QED) is 0.568. The van der Waals surface area contributed by atoms with Crippen LogP contribution in [-0.4, -0.2) is 44.7 Å². The van der Waals surface area contributed by atoms with E-state index in [2.05, 4.69) is 10.6 Å². The van der Waals surface area contributed by atoms with E-state index in [1.807, 2.05) is 0 Å². The minimum Gasteiger partial charge on any atom is -0.497 e. The van der Waals surface area contributed by atoms with E-state index in [1.165, 1.54) is 6.07 Å². The zero-order chi connectivity index (χ0) is 21.9. The lowest BCUT2D eigenvalue weighted by atomic mass is 10.3. The van der Waals surface area contributed by atoms with Crippen molar-refractivity contribution in [3.63, 3.8) is 0 Å². The standard InChI is InChI=1S/C20H20F2N2O6/c1-28-14-3-5-15(6-4-14)29-9-8-20(27)30-12-19(26)23-11-18(25)24-13-2-7-16(21)17(22)10-13/h2-7,10H,8-9,11-12H2,1H3,(H,23,26)(H,24,25). The third-order valence-corrected chi connectivity index (χ3v) is 3.65. The summed E-state index contributed by atoms with van der Waals surface area (Å²) < 4.78 is 41.1. The van der Waals surface area contributed by atoms with Crippen molar-refractivity contribution in [2.24, 2.45) is 0 Å². The molecule has 8 nitrogen and oxygen atoms in total. The molecule has 2 aromatic rings. The van der Waals surface area contributed by atoms with Gasteiger partial charge in [-0.2, -0.15) is 0 Å². The number of esters is 1. The fraction of sp³-hybridized carbons (Fsp3) is 0.250. The lowest BCUT2D eigenvalue weighted by molar-refractivity contribution is -0.149. The van der Waals surface area contributed by atoms with E-state index in [0.717, 1.165) is 12.1 Å². The zero-order valence-corrected chi connectivity index (χ0v) is 16.1. The first kappa shape index (κ1) is 22.6. The third-order valence-electron chi connectivity index (χ3n) is 3.65. The topological polar surface area (TPSA) is 103 Å². The van der Waals surface area contributed by atoms with Crippen molar-refractivity contribution < 1.29 is 37.4 Å². The maximum absolute atomic E-state index is 13.1. The van der Waals surface area contributed by atoms with Gasteiger partial charge in [-0.1, -0.05) is 0 Å². The molecule has 0 fully saturated rings. The monoisotopic (exact) mass is 422 g/mol. The highest BCUT2D eigenvalue weighted by Gasteiger charge is 2.11. The maximum atomic E-state index is 13.1. The minimum absolute atomic E-state index is 0.0384.